The first-order chi connectivity index (χ1) is 8.70. The molecule has 0 radical (unpaired) electrons. The minimum atomic E-state index is 0.138. The fourth-order valence-corrected chi connectivity index (χ4v) is 3.43. The summed E-state index contributed by atoms with van der Waals surface area (Å²) in [4.78, 5) is 5.29. The Hall–Kier alpha value is -0.620. The number of rotatable bonds is 5. The highest BCUT2D eigenvalue weighted by Gasteiger charge is 2.12. The van der Waals surface area contributed by atoms with Crippen molar-refractivity contribution in [2.45, 2.75) is 35.0 Å². The molecular formula is C12H14ClN3S2. The lowest BCUT2D eigenvalue weighted by Gasteiger charge is -2.13. The Labute approximate surface area is 120 Å². The maximum absolute atomic E-state index is 6.27. The third-order valence-electron chi connectivity index (χ3n) is 2.60. The molecule has 0 aliphatic heterocycles. The zero-order valence-electron chi connectivity index (χ0n) is 9.97. The molecule has 1 aromatic carbocycles. The van der Waals surface area contributed by atoms with Gasteiger partial charge in [-0.1, -0.05) is 36.4 Å². The summed E-state index contributed by atoms with van der Waals surface area (Å²) in [5.41, 5.74) is 7.13. The lowest BCUT2D eigenvalue weighted by atomic mass is 10.0. The van der Waals surface area contributed by atoms with Gasteiger partial charge in [0.05, 0.1) is 0 Å². The number of hydrogen-bond acceptors (Lipinski definition) is 5. The minimum absolute atomic E-state index is 0.138. The minimum Gasteiger partial charge on any atom is -0.327 e. The molecule has 0 saturated carbocycles. The van der Waals surface area contributed by atoms with E-state index in [1.807, 2.05) is 12.1 Å². The maximum Gasteiger partial charge on any atom is 0.174 e. The van der Waals surface area contributed by atoms with Gasteiger partial charge in [-0.25, -0.2) is 4.98 Å². The molecule has 0 fully saturated rings. The topological polar surface area (TPSA) is 51.8 Å². The molecule has 2 rings (SSSR count). The number of hydrogen-bond donors (Lipinski definition) is 1. The molecule has 2 N–H and O–H groups in total. The first kappa shape index (κ1) is 13.8. The van der Waals surface area contributed by atoms with Crippen molar-refractivity contribution in [3.8, 4) is 0 Å². The summed E-state index contributed by atoms with van der Waals surface area (Å²) < 4.78 is 4.92. The van der Waals surface area contributed by atoms with Crippen LogP contribution in [0.15, 0.2) is 33.8 Å². The molecule has 6 heteroatoms. The van der Waals surface area contributed by atoms with Crippen LogP contribution >= 0.6 is 34.9 Å². The van der Waals surface area contributed by atoms with E-state index < -0.39 is 0 Å². The second kappa shape index (κ2) is 6.52. The van der Waals surface area contributed by atoms with Crippen LogP contribution in [-0.2, 0) is 6.42 Å². The number of nitrogens with zero attached hydrogens (tertiary/aromatic N) is 2. The average Bonchev–Trinajstić information content (AvgIpc) is 2.86. The van der Waals surface area contributed by atoms with Gasteiger partial charge in [0.2, 0.25) is 0 Å². The van der Waals surface area contributed by atoms with Crippen LogP contribution < -0.4 is 5.73 Å². The summed E-state index contributed by atoms with van der Waals surface area (Å²) >= 11 is 9.25. The molecule has 0 aliphatic carbocycles. The van der Waals surface area contributed by atoms with Crippen molar-refractivity contribution in [2.75, 3.05) is 0 Å². The Morgan fingerprint density at radius 1 is 1.50 bits per heavy atom. The summed E-state index contributed by atoms with van der Waals surface area (Å²) in [7, 11) is 0. The van der Waals surface area contributed by atoms with E-state index in [-0.39, 0.29) is 6.04 Å². The van der Waals surface area contributed by atoms with E-state index in [0.29, 0.717) is 0 Å². The quantitative estimate of drug-likeness (QED) is 0.916. The third-order valence-corrected chi connectivity index (χ3v) is 4.78. The van der Waals surface area contributed by atoms with E-state index in [4.69, 9.17) is 17.3 Å². The standard InChI is InChI=1S/C12H14ClN3S2/c1-2-8(14)6-9-10(13)4-3-5-11(9)17-12-15-7-16-18-12/h3-5,7-8H,2,6,14H2,1H3. The van der Waals surface area contributed by atoms with E-state index in [9.17, 15) is 0 Å². The van der Waals surface area contributed by atoms with Gasteiger partial charge in [0.15, 0.2) is 4.34 Å². The van der Waals surface area contributed by atoms with Gasteiger partial charge in [0.25, 0.3) is 0 Å². The summed E-state index contributed by atoms with van der Waals surface area (Å²) in [6.45, 7) is 2.08. The summed E-state index contributed by atoms with van der Waals surface area (Å²) in [6, 6.07) is 6.05. The van der Waals surface area contributed by atoms with E-state index >= 15 is 0 Å². The monoisotopic (exact) mass is 299 g/mol. The lowest BCUT2D eigenvalue weighted by molar-refractivity contribution is 0.641. The molecule has 18 heavy (non-hydrogen) atoms. The Morgan fingerprint density at radius 2 is 2.33 bits per heavy atom. The van der Waals surface area contributed by atoms with Gasteiger partial charge in [-0.15, -0.1) is 0 Å². The fourth-order valence-electron chi connectivity index (χ4n) is 1.54. The normalized spacial score (nSPS) is 12.6. The van der Waals surface area contributed by atoms with E-state index in [1.54, 1.807) is 18.1 Å². The van der Waals surface area contributed by atoms with Gasteiger partial charge in [-0.3, -0.25) is 0 Å². The predicted octanol–water partition coefficient (Wildman–Crippen LogP) is 3.62. The van der Waals surface area contributed by atoms with Crippen LogP contribution in [-0.4, -0.2) is 15.4 Å². The largest absolute Gasteiger partial charge is 0.327 e. The molecule has 0 amide bonds. The molecule has 3 nitrogen and oxygen atoms in total. The van der Waals surface area contributed by atoms with E-state index in [2.05, 4.69) is 22.3 Å². The van der Waals surface area contributed by atoms with Crippen LogP contribution in [0.25, 0.3) is 0 Å². The van der Waals surface area contributed by atoms with Crippen molar-refractivity contribution >= 4 is 34.9 Å². The molecule has 1 aromatic heterocycles. The highest BCUT2D eigenvalue weighted by atomic mass is 35.5. The van der Waals surface area contributed by atoms with Crippen molar-refractivity contribution < 1.29 is 0 Å². The maximum atomic E-state index is 6.27. The number of halogens is 1. The molecule has 1 heterocycles. The molecule has 0 spiro atoms. The second-order valence-electron chi connectivity index (χ2n) is 3.90. The van der Waals surface area contributed by atoms with Crippen LogP contribution in [0, 0.1) is 0 Å². The van der Waals surface area contributed by atoms with Crippen molar-refractivity contribution in [2.24, 2.45) is 5.73 Å². The molecule has 96 valence electrons. The number of benzene rings is 1. The zero-order valence-corrected chi connectivity index (χ0v) is 12.4. The Morgan fingerprint density at radius 3 is 3.00 bits per heavy atom. The lowest BCUT2D eigenvalue weighted by Crippen LogP contribution is -2.21. The Balaban J connectivity index is 2.26. The molecule has 1 unspecified atom stereocenters. The second-order valence-corrected chi connectivity index (χ2v) is 6.37. The Bertz CT molecular complexity index is 502. The van der Waals surface area contributed by atoms with Gasteiger partial charge < -0.3 is 5.73 Å². The molecule has 0 bridgehead atoms. The van der Waals surface area contributed by atoms with E-state index in [1.165, 1.54) is 11.5 Å². The highest BCUT2D eigenvalue weighted by Crippen LogP contribution is 2.34. The van der Waals surface area contributed by atoms with Crippen molar-refractivity contribution in [1.82, 2.24) is 9.36 Å². The van der Waals surface area contributed by atoms with Crippen LogP contribution in [0.1, 0.15) is 18.9 Å². The molecule has 1 atom stereocenters. The molecule has 2 aromatic rings. The van der Waals surface area contributed by atoms with Gasteiger partial charge in [0, 0.05) is 16.0 Å². The van der Waals surface area contributed by atoms with Crippen LogP contribution in [0.2, 0.25) is 5.02 Å². The van der Waals surface area contributed by atoms with Crippen molar-refractivity contribution in [3.05, 3.63) is 35.1 Å². The highest BCUT2D eigenvalue weighted by molar-refractivity contribution is 8.01. The zero-order chi connectivity index (χ0) is 13.0. The third kappa shape index (κ3) is 3.45. The van der Waals surface area contributed by atoms with Gasteiger partial charge >= 0.3 is 0 Å². The molecule has 0 saturated heterocycles. The first-order valence-corrected chi connectivity index (χ1v) is 7.65. The fraction of sp³-hybridized carbons (Fsp3) is 0.333. The Kier molecular flexibility index (Phi) is 5.00. The number of nitrogens with two attached hydrogens (primary N) is 1. The number of aromatic nitrogens is 2. The smallest absolute Gasteiger partial charge is 0.174 e. The van der Waals surface area contributed by atoms with Crippen molar-refractivity contribution in [1.29, 1.82) is 0 Å². The summed E-state index contributed by atoms with van der Waals surface area (Å²) in [5.74, 6) is 0. The predicted molar refractivity (Wildman–Crippen MR) is 77.5 cm³/mol. The van der Waals surface area contributed by atoms with Gasteiger partial charge in [-0.05, 0) is 42.1 Å². The molecule has 0 aliphatic rings. The molecular weight excluding hydrogens is 286 g/mol. The average molecular weight is 300 g/mol. The van der Waals surface area contributed by atoms with Crippen LogP contribution in [0.5, 0.6) is 0 Å². The first-order valence-electron chi connectivity index (χ1n) is 5.68. The van der Waals surface area contributed by atoms with Crippen LogP contribution in [0.3, 0.4) is 0 Å². The summed E-state index contributed by atoms with van der Waals surface area (Å²) in [6.07, 6.45) is 3.29. The van der Waals surface area contributed by atoms with Crippen LogP contribution in [0.4, 0.5) is 0 Å². The summed E-state index contributed by atoms with van der Waals surface area (Å²) in [5, 5.41) is 0.772. The van der Waals surface area contributed by atoms with Gasteiger partial charge in [0.1, 0.15) is 6.33 Å². The van der Waals surface area contributed by atoms with E-state index in [0.717, 1.165) is 32.7 Å². The van der Waals surface area contributed by atoms with Crippen molar-refractivity contribution in [3.63, 3.8) is 0 Å². The SMILES string of the molecule is CCC(N)Cc1c(Cl)cccc1Sc1ncns1. The van der Waals surface area contributed by atoms with Gasteiger partial charge in [-0.2, -0.15) is 4.37 Å².